The molecule has 1 aromatic heterocycles. The molecule has 231 valence electrons. The number of aliphatic hydroxyl groups is 1. The molecule has 1 radical (unpaired) electrons. The summed E-state index contributed by atoms with van der Waals surface area (Å²) < 4.78 is 57.6. The molecule has 0 bridgehead atoms. The van der Waals surface area contributed by atoms with Crippen LogP contribution in [-0.2, 0) is 36.7 Å². The zero-order valence-corrected chi connectivity index (χ0v) is 27.5. The second kappa shape index (κ2) is 14.7. The van der Waals surface area contributed by atoms with Crippen molar-refractivity contribution in [3.8, 4) is 11.3 Å². The van der Waals surface area contributed by atoms with Crippen molar-refractivity contribution in [2.24, 2.45) is 11.8 Å². The van der Waals surface area contributed by atoms with E-state index in [0.29, 0.717) is 16.6 Å². The Morgan fingerprint density at radius 3 is 2.10 bits per heavy atom. The molecular formula is C34H40F4IrNO2-. The summed E-state index contributed by atoms with van der Waals surface area (Å²) in [4.78, 5) is 16.0. The summed E-state index contributed by atoms with van der Waals surface area (Å²) in [6.07, 6.45) is 4.59. The molecule has 1 heterocycles. The van der Waals surface area contributed by atoms with Gasteiger partial charge in [0, 0.05) is 68.2 Å². The van der Waals surface area contributed by atoms with Crippen LogP contribution in [0.25, 0.3) is 22.0 Å². The van der Waals surface area contributed by atoms with E-state index >= 15 is 0 Å². The molecule has 0 saturated carbocycles. The van der Waals surface area contributed by atoms with Crippen molar-refractivity contribution in [1.29, 1.82) is 0 Å². The molecule has 1 aliphatic carbocycles. The predicted molar refractivity (Wildman–Crippen MR) is 156 cm³/mol. The fourth-order valence-electron chi connectivity index (χ4n) is 5.54. The average Bonchev–Trinajstić information content (AvgIpc) is 2.91. The van der Waals surface area contributed by atoms with Crippen LogP contribution >= 0.6 is 0 Å². The average molecular weight is 763 g/mol. The van der Waals surface area contributed by atoms with Crippen LogP contribution < -0.4 is 0 Å². The number of fused-ring (bicyclic) bond motifs is 3. The van der Waals surface area contributed by atoms with Crippen LogP contribution in [0.1, 0.15) is 88.5 Å². The van der Waals surface area contributed by atoms with Crippen molar-refractivity contribution in [1.82, 2.24) is 4.98 Å². The van der Waals surface area contributed by atoms with Gasteiger partial charge >= 0.3 is 0 Å². The van der Waals surface area contributed by atoms with Gasteiger partial charge in [0.05, 0.1) is 5.76 Å². The summed E-state index contributed by atoms with van der Waals surface area (Å²) in [5.74, 6) is -5.99. The van der Waals surface area contributed by atoms with Gasteiger partial charge in [0.2, 0.25) is 0 Å². The molecule has 0 fully saturated rings. The molecule has 2 aromatic carbocycles. The van der Waals surface area contributed by atoms with Crippen molar-refractivity contribution in [3.05, 3.63) is 76.7 Å². The SMILES string of the molecule is CCC(CC)C(=O)/C=C(\O)C(CC)CC.Cc1[c-]c(-c2nccc3c4c(ccc23)C(F)(F)CCC4(F)F)cc(C)c1.[Ir]. The van der Waals surface area contributed by atoms with Gasteiger partial charge < -0.3 is 10.1 Å². The van der Waals surface area contributed by atoms with Gasteiger partial charge in [-0.2, -0.15) is 0 Å². The number of nitrogens with zero attached hydrogens (tertiary/aromatic N) is 1. The minimum absolute atomic E-state index is 0. The number of carbonyl (C=O) groups excluding carboxylic acids is 1. The van der Waals surface area contributed by atoms with Gasteiger partial charge in [-0.05, 0) is 48.2 Å². The van der Waals surface area contributed by atoms with E-state index < -0.39 is 35.8 Å². The number of halogens is 4. The molecule has 0 aliphatic heterocycles. The smallest absolute Gasteiger partial charge is 0.274 e. The van der Waals surface area contributed by atoms with Crippen molar-refractivity contribution in [2.45, 2.75) is 91.9 Å². The molecule has 0 unspecified atom stereocenters. The van der Waals surface area contributed by atoms with E-state index in [-0.39, 0.29) is 48.9 Å². The summed E-state index contributed by atoms with van der Waals surface area (Å²) in [5, 5.41) is 10.3. The van der Waals surface area contributed by atoms with Gasteiger partial charge in [-0.15, -0.1) is 34.9 Å². The number of aliphatic hydroxyl groups excluding tert-OH is 1. The Labute approximate surface area is 260 Å². The van der Waals surface area contributed by atoms with E-state index in [1.165, 1.54) is 24.4 Å². The first-order valence-corrected chi connectivity index (χ1v) is 14.4. The van der Waals surface area contributed by atoms with Crippen LogP contribution in [0.3, 0.4) is 0 Å². The van der Waals surface area contributed by atoms with Crippen molar-refractivity contribution in [3.63, 3.8) is 0 Å². The van der Waals surface area contributed by atoms with E-state index in [0.717, 1.165) is 42.9 Å². The third kappa shape index (κ3) is 7.87. The third-order valence-electron chi connectivity index (χ3n) is 7.94. The molecule has 0 atom stereocenters. The van der Waals surface area contributed by atoms with Gasteiger partial charge in [-0.25, -0.2) is 17.6 Å². The summed E-state index contributed by atoms with van der Waals surface area (Å²) in [6.45, 7) is 11.9. The first-order chi connectivity index (χ1) is 19.3. The number of carbonyl (C=O) groups is 1. The zero-order valence-electron chi connectivity index (χ0n) is 25.1. The molecular weight excluding hydrogens is 723 g/mol. The van der Waals surface area contributed by atoms with E-state index in [9.17, 15) is 27.5 Å². The molecule has 3 aromatic rings. The number of alkyl halides is 4. The molecule has 1 aliphatic rings. The Bertz CT molecular complexity index is 1390. The Kier molecular flexibility index (Phi) is 12.5. The number of rotatable bonds is 8. The summed E-state index contributed by atoms with van der Waals surface area (Å²) >= 11 is 0. The fourth-order valence-corrected chi connectivity index (χ4v) is 5.54. The van der Waals surface area contributed by atoms with Crippen LogP contribution in [0.5, 0.6) is 0 Å². The van der Waals surface area contributed by atoms with Gasteiger partial charge in [-0.3, -0.25) is 4.79 Å². The molecule has 4 rings (SSSR count). The molecule has 0 saturated heterocycles. The van der Waals surface area contributed by atoms with E-state index in [1.807, 2.05) is 53.7 Å². The number of hydrogen-bond acceptors (Lipinski definition) is 3. The number of pyridine rings is 1. The Morgan fingerprint density at radius 1 is 0.929 bits per heavy atom. The minimum atomic E-state index is -3.29. The number of aryl methyl sites for hydroxylation is 2. The zero-order chi connectivity index (χ0) is 30.5. The second-order valence-electron chi connectivity index (χ2n) is 10.9. The summed E-state index contributed by atoms with van der Waals surface area (Å²) in [7, 11) is 0. The summed E-state index contributed by atoms with van der Waals surface area (Å²) in [5.41, 5.74) is 1.88. The molecule has 3 nitrogen and oxygen atoms in total. The van der Waals surface area contributed by atoms with E-state index in [2.05, 4.69) is 11.1 Å². The molecule has 1 N–H and O–H groups in total. The standard InChI is InChI=1S/C21H16F4N.C13H24O2.Ir/c1-12-9-13(2)11-14(10-12)19-16-3-4-17-18(15(16)5-8-26-19)21(24,25)7-6-20(17,22)23;1-5-10(6-2)12(14)9-13(15)11(7-3)8-4;/h3-5,8-10H,6-7H2,1-2H3;9-11,14H,5-8H2,1-4H3;/q-1;;/b;12-9-;. The maximum absolute atomic E-state index is 14.6. The first kappa shape index (κ1) is 35.6. The van der Waals surface area contributed by atoms with Crippen molar-refractivity contribution >= 4 is 16.6 Å². The number of ketones is 1. The largest absolute Gasteiger partial charge is 0.512 e. The Hall–Kier alpha value is -2.57. The third-order valence-corrected chi connectivity index (χ3v) is 7.94. The second-order valence-corrected chi connectivity index (χ2v) is 10.9. The maximum atomic E-state index is 14.6. The number of hydrogen-bond donors (Lipinski definition) is 1. The van der Waals surface area contributed by atoms with Crippen LogP contribution in [0.2, 0.25) is 0 Å². The van der Waals surface area contributed by atoms with Crippen LogP contribution in [0.4, 0.5) is 17.6 Å². The van der Waals surface area contributed by atoms with E-state index in [4.69, 9.17) is 0 Å². The molecule has 0 spiro atoms. The molecule has 42 heavy (non-hydrogen) atoms. The first-order valence-electron chi connectivity index (χ1n) is 14.4. The Morgan fingerprint density at radius 2 is 1.52 bits per heavy atom. The van der Waals surface area contributed by atoms with Gasteiger partial charge in [-0.1, -0.05) is 53.7 Å². The van der Waals surface area contributed by atoms with Gasteiger partial charge in [0.1, 0.15) is 0 Å². The summed E-state index contributed by atoms with van der Waals surface area (Å²) in [6, 6.07) is 11.0. The molecule has 8 heteroatoms. The van der Waals surface area contributed by atoms with Crippen LogP contribution in [0, 0.1) is 31.7 Å². The van der Waals surface area contributed by atoms with Crippen LogP contribution in [0.15, 0.2) is 48.4 Å². The van der Waals surface area contributed by atoms with Crippen LogP contribution in [-0.4, -0.2) is 15.9 Å². The normalized spacial score (nSPS) is 15.6. The Balaban J connectivity index is 0.000000334. The quantitative estimate of drug-likeness (QED) is 0.108. The fraction of sp³-hybridized carbons (Fsp3) is 0.471. The number of allylic oxidation sites excluding steroid dienone is 2. The van der Waals surface area contributed by atoms with Gasteiger partial charge in [0.15, 0.2) is 5.78 Å². The van der Waals surface area contributed by atoms with Crippen molar-refractivity contribution in [2.75, 3.05) is 0 Å². The molecule has 0 amide bonds. The number of aromatic nitrogens is 1. The maximum Gasteiger partial charge on any atom is 0.274 e. The van der Waals surface area contributed by atoms with Gasteiger partial charge in [0.25, 0.3) is 11.8 Å². The minimum Gasteiger partial charge on any atom is -0.512 e. The van der Waals surface area contributed by atoms with Crippen molar-refractivity contribution < 1.29 is 47.6 Å². The van der Waals surface area contributed by atoms with E-state index in [1.54, 1.807) is 0 Å². The monoisotopic (exact) mass is 763 g/mol. The topological polar surface area (TPSA) is 50.2 Å². The predicted octanol–water partition coefficient (Wildman–Crippen LogP) is 10.2. The number of benzene rings is 2.